The first-order chi connectivity index (χ1) is 22.0. The van der Waals surface area contributed by atoms with Gasteiger partial charge in [0.2, 0.25) is 0 Å². The Bertz CT molecular complexity index is 2120. The van der Waals surface area contributed by atoms with Crippen molar-refractivity contribution in [3.63, 3.8) is 0 Å². The number of methoxy groups -OCH3 is 1. The molecule has 2 aliphatic rings. The summed E-state index contributed by atoms with van der Waals surface area (Å²) in [7, 11) is -7.76. The molecule has 1 atom stereocenters. The molecule has 4 aromatic rings. The first-order valence-electron chi connectivity index (χ1n) is 14.7. The third kappa shape index (κ3) is 5.70. The highest BCUT2D eigenvalue weighted by molar-refractivity contribution is 7.91. The molecule has 0 aromatic heterocycles. The number of fused-ring (bicyclic) bond motifs is 1. The fourth-order valence-electron chi connectivity index (χ4n) is 5.83. The summed E-state index contributed by atoms with van der Waals surface area (Å²) >= 11 is 0. The van der Waals surface area contributed by atoms with Crippen LogP contribution >= 0.6 is 0 Å². The van der Waals surface area contributed by atoms with Crippen LogP contribution in [0.25, 0.3) is 11.1 Å². The molecule has 0 bridgehead atoms. The Morgan fingerprint density at radius 2 is 1.22 bits per heavy atom. The molecule has 1 aliphatic heterocycles. The zero-order valence-electron chi connectivity index (χ0n) is 25.5. The number of hydrogen-bond acceptors (Lipinski definition) is 6. The van der Waals surface area contributed by atoms with E-state index in [9.17, 15) is 21.6 Å². The number of carbonyl (C=O) groups excluding carboxylic acids is 1. The van der Waals surface area contributed by atoms with Gasteiger partial charge in [-0.15, -0.1) is 4.40 Å². The molecule has 0 spiro atoms. The van der Waals surface area contributed by atoms with E-state index < -0.39 is 37.8 Å². The van der Waals surface area contributed by atoms with Crippen LogP contribution in [0.3, 0.4) is 0 Å². The van der Waals surface area contributed by atoms with Crippen molar-refractivity contribution in [1.82, 2.24) is 4.31 Å². The molecule has 234 valence electrons. The van der Waals surface area contributed by atoms with Gasteiger partial charge in [0, 0.05) is 0 Å². The first kappa shape index (κ1) is 31.2. The van der Waals surface area contributed by atoms with Gasteiger partial charge < -0.3 is 4.74 Å². The van der Waals surface area contributed by atoms with Gasteiger partial charge in [-0.3, -0.25) is 4.79 Å². The number of aryl methyl sites for hydroxylation is 2. The smallest absolute Gasteiger partial charge is 0.320 e. The summed E-state index contributed by atoms with van der Waals surface area (Å²) in [6, 6.07) is 31.0. The number of rotatable bonds is 7. The van der Waals surface area contributed by atoms with Crippen LogP contribution in [0.1, 0.15) is 28.7 Å². The van der Waals surface area contributed by atoms with Gasteiger partial charge >= 0.3 is 5.97 Å². The topological polar surface area (TPSA) is 110 Å². The summed E-state index contributed by atoms with van der Waals surface area (Å²) in [6.45, 7) is 3.43. The van der Waals surface area contributed by atoms with Crippen LogP contribution in [0.5, 0.6) is 0 Å². The number of nitrogens with zero attached hydrogens (tertiary/aromatic N) is 2. The van der Waals surface area contributed by atoms with Crippen molar-refractivity contribution in [3.05, 3.63) is 143 Å². The van der Waals surface area contributed by atoms with Crippen molar-refractivity contribution in [2.45, 2.75) is 30.1 Å². The highest BCUT2D eigenvalue weighted by Gasteiger charge is 2.47. The number of allylic oxidation sites excluding steroid dienone is 1. The van der Waals surface area contributed by atoms with Gasteiger partial charge in [0.1, 0.15) is 5.92 Å². The standard InChI is InChI=1S/C36H32N2O6S2/c1-24-14-18-28(19-15-24)45(40,41)37-35-34(36(39)44-3)33(27-12-8-5-9-13-27)31-22-30(26-10-6-4-7-11-26)32(31)23-38(35)46(42,43)29-20-16-25(2)17-21-29/h4-21,34H,22-23H2,1-3H3/b37-35+. The van der Waals surface area contributed by atoms with Crippen LogP contribution in [-0.4, -0.2) is 46.6 Å². The maximum absolute atomic E-state index is 14.6. The highest BCUT2D eigenvalue weighted by Crippen LogP contribution is 2.50. The molecule has 0 N–H and O–H groups in total. The molecule has 1 heterocycles. The second-order valence-electron chi connectivity index (χ2n) is 11.3. The van der Waals surface area contributed by atoms with Crippen LogP contribution in [-0.2, 0) is 29.6 Å². The maximum Gasteiger partial charge on any atom is 0.320 e. The SMILES string of the molecule is COC(=O)C1C(c2ccccc2)=C2CC(c3ccccc3)=C2CN(S(=O)(=O)c2ccc(C)cc2)/C1=N/S(=O)(=O)c1ccc(C)cc1. The van der Waals surface area contributed by atoms with Crippen molar-refractivity contribution in [3.8, 4) is 0 Å². The Kier molecular flexibility index (Phi) is 8.26. The molecule has 0 saturated carbocycles. The zero-order valence-corrected chi connectivity index (χ0v) is 27.2. The second-order valence-corrected chi connectivity index (χ2v) is 14.7. The molecular formula is C36H32N2O6S2. The Morgan fingerprint density at radius 3 is 1.76 bits per heavy atom. The molecular weight excluding hydrogens is 621 g/mol. The predicted molar refractivity (Wildman–Crippen MR) is 178 cm³/mol. The minimum Gasteiger partial charge on any atom is -0.468 e. The summed E-state index contributed by atoms with van der Waals surface area (Å²) in [5.41, 5.74) is 6.03. The Balaban J connectivity index is 1.69. The van der Waals surface area contributed by atoms with Gasteiger partial charge in [-0.1, -0.05) is 96.1 Å². The molecule has 8 nitrogen and oxygen atoms in total. The predicted octanol–water partition coefficient (Wildman–Crippen LogP) is 6.20. The number of carbonyl (C=O) groups is 1. The molecule has 0 amide bonds. The van der Waals surface area contributed by atoms with Crippen molar-refractivity contribution >= 4 is 43.0 Å². The third-order valence-electron chi connectivity index (χ3n) is 8.30. The second kappa shape index (κ2) is 12.2. The van der Waals surface area contributed by atoms with Gasteiger partial charge in [-0.05, 0) is 78.0 Å². The monoisotopic (exact) mass is 652 g/mol. The van der Waals surface area contributed by atoms with Gasteiger partial charge in [0.05, 0.1) is 23.4 Å². The molecule has 0 saturated heterocycles. The highest BCUT2D eigenvalue weighted by atomic mass is 32.2. The van der Waals surface area contributed by atoms with E-state index in [1.54, 1.807) is 24.3 Å². The van der Waals surface area contributed by atoms with Crippen LogP contribution < -0.4 is 0 Å². The third-order valence-corrected chi connectivity index (χ3v) is 11.4. The largest absolute Gasteiger partial charge is 0.468 e. The normalized spacial score (nSPS) is 17.8. The van der Waals surface area contributed by atoms with E-state index in [-0.39, 0.29) is 16.3 Å². The van der Waals surface area contributed by atoms with Crippen LogP contribution in [0.4, 0.5) is 0 Å². The first-order valence-corrected chi connectivity index (χ1v) is 17.5. The fraction of sp³-hybridized carbons (Fsp3) is 0.167. The van der Waals surface area contributed by atoms with E-state index in [2.05, 4.69) is 4.40 Å². The van der Waals surface area contributed by atoms with Gasteiger partial charge in [0.25, 0.3) is 20.0 Å². The van der Waals surface area contributed by atoms with Crippen LogP contribution in [0, 0.1) is 19.8 Å². The van der Waals surface area contributed by atoms with Crippen molar-refractivity contribution < 1.29 is 26.4 Å². The van der Waals surface area contributed by atoms with E-state index in [1.165, 1.54) is 31.4 Å². The minimum absolute atomic E-state index is 0.0620. The number of ether oxygens (including phenoxy) is 1. The molecule has 1 unspecified atom stereocenters. The molecule has 0 fully saturated rings. The fourth-order valence-corrected chi connectivity index (χ4v) is 8.34. The summed E-state index contributed by atoms with van der Waals surface area (Å²) in [4.78, 5) is 13.7. The summed E-state index contributed by atoms with van der Waals surface area (Å²) in [6.07, 6.45) is 0.438. The number of amidine groups is 1. The maximum atomic E-state index is 14.6. The van der Waals surface area contributed by atoms with E-state index >= 15 is 0 Å². The van der Waals surface area contributed by atoms with Crippen molar-refractivity contribution in [2.75, 3.05) is 13.7 Å². The lowest BCUT2D eigenvalue weighted by atomic mass is 9.73. The van der Waals surface area contributed by atoms with E-state index in [4.69, 9.17) is 4.74 Å². The lowest BCUT2D eigenvalue weighted by molar-refractivity contribution is -0.141. The molecule has 46 heavy (non-hydrogen) atoms. The lowest BCUT2D eigenvalue weighted by Crippen LogP contribution is -2.44. The molecule has 10 heteroatoms. The van der Waals surface area contributed by atoms with Crippen molar-refractivity contribution in [1.29, 1.82) is 0 Å². The molecule has 0 radical (unpaired) electrons. The average molecular weight is 653 g/mol. The average Bonchev–Trinajstić information content (AvgIpc) is 3.14. The molecule has 4 aromatic carbocycles. The Morgan fingerprint density at radius 1 is 0.696 bits per heavy atom. The van der Waals surface area contributed by atoms with E-state index in [1.807, 2.05) is 74.5 Å². The van der Waals surface area contributed by atoms with Crippen LogP contribution in [0.2, 0.25) is 0 Å². The summed E-state index contributed by atoms with van der Waals surface area (Å²) in [5.74, 6) is -2.76. The zero-order chi connectivity index (χ0) is 32.6. The van der Waals surface area contributed by atoms with E-state index in [0.29, 0.717) is 23.1 Å². The number of sulfonamides is 2. The number of benzene rings is 4. The van der Waals surface area contributed by atoms with Gasteiger partial charge in [0.15, 0.2) is 5.84 Å². The summed E-state index contributed by atoms with van der Waals surface area (Å²) < 4.78 is 67.6. The van der Waals surface area contributed by atoms with Gasteiger partial charge in [-0.25, -0.2) is 12.7 Å². The number of hydrogen-bond donors (Lipinski definition) is 0. The number of esters is 1. The van der Waals surface area contributed by atoms with E-state index in [0.717, 1.165) is 32.1 Å². The van der Waals surface area contributed by atoms with Gasteiger partial charge in [-0.2, -0.15) is 8.42 Å². The van der Waals surface area contributed by atoms with Crippen LogP contribution in [0.15, 0.2) is 135 Å². The Labute approximate surface area is 269 Å². The Hall–Kier alpha value is -4.80. The minimum atomic E-state index is -4.50. The quantitative estimate of drug-likeness (QED) is 0.220. The van der Waals surface area contributed by atoms with Crippen molar-refractivity contribution in [2.24, 2.45) is 10.3 Å². The summed E-state index contributed by atoms with van der Waals surface area (Å²) in [5, 5.41) is 0. The molecule has 1 aliphatic carbocycles. The lowest BCUT2D eigenvalue weighted by Gasteiger charge is -2.31. The molecule has 6 rings (SSSR count).